The summed E-state index contributed by atoms with van der Waals surface area (Å²) in [6.07, 6.45) is 2.79. The molecule has 0 aliphatic rings. The zero-order chi connectivity index (χ0) is 20.4. The lowest BCUT2D eigenvalue weighted by Gasteiger charge is -2.13. The fraction of sp³-hybridized carbons (Fsp3) is 0.222. The Bertz CT molecular complexity index is 1160. The molecule has 0 fully saturated rings. The number of halogens is 1. The number of aromatic nitrogens is 4. The van der Waals surface area contributed by atoms with Crippen LogP contribution in [-0.4, -0.2) is 24.8 Å². The molecular formula is C18H19FN6O3. The predicted molar refractivity (Wildman–Crippen MR) is 102 cm³/mol. The van der Waals surface area contributed by atoms with E-state index in [-0.39, 0.29) is 36.0 Å². The molecule has 0 spiro atoms. The summed E-state index contributed by atoms with van der Waals surface area (Å²) in [5.41, 5.74) is 5.29. The van der Waals surface area contributed by atoms with Crippen molar-refractivity contribution in [1.82, 2.24) is 18.9 Å². The van der Waals surface area contributed by atoms with Gasteiger partial charge in [0.05, 0.1) is 18.3 Å². The zero-order valence-corrected chi connectivity index (χ0v) is 15.3. The maximum atomic E-state index is 13.3. The number of nitrogen functional groups attached to an aromatic ring is 1. The van der Waals surface area contributed by atoms with Gasteiger partial charge in [0.1, 0.15) is 17.3 Å². The van der Waals surface area contributed by atoms with Gasteiger partial charge in [-0.1, -0.05) is 12.1 Å². The Kier molecular flexibility index (Phi) is 5.12. The highest BCUT2D eigenvalue weighted by molar-refractivity contribution is 6.05. The van der Waals surface area contributed by atoms with Gasteiger partial charge in [0.15, 0.2) is 0 Å². The SMILES string of the molecule is CCn1c(=O)c(NC(=O)c2cnn(Cc3cccc(F)c3)c2)c(N)n(C)c1=O. The number of nitrogens with one attached hydrogen (secondary N) is 1. The Hall–Kier alpha value is -3.69. The number of amides is 1. The highest BCUT2D eigenvalue weighted by atomic mass is 19.1. The van der Waals surface area contributed by atoms with Crippen LogP contribution < -0.4 is 22.3 Å². The van der Waals surface area contributed by atoms with Gasteiger partial charge < -0.3 is 11.1 Å². The van der Waals surface area contributed by atoms with Crippen LogP contribution in [0, 0.1) is 5.82 Å². The number of nitrogens with two attached hydrogens (primary N) is 1. The lowest BCUT2D eigenvalue weighted by molar-refractivity contribution is 0.102. The largest absolute Gasteiger partial charge is 0.383 e. The number of carbonyl (C=O) groups is 1. The molecule has 0 unspecified atom stereocenters. The molecule has 2 heterocycles. The van der Waals surface area contributed by atoms with Crippen molar-refractivity contribution in [3.05, 3.63) is 74.4 Å². The van der Waals surface area contributed by atoms with Gasteiger partial charge >= 0.3 is 5.69 Å². The molecular weight excluding hydrogens is 367 g/mol. The number of anilines is 2. The summed E-state index contributed by atoms with van der Waals surface area (Å²) in [5.74, 6) is -1.10. The second-order valence-corrected chi connectivity index (χ2v) is 6.16. The van der Waals surface area contributed by atoms with Crippen LogP contribution in [0.1, 0.15) is 22.8 Å². The number of hydrogen-bond donors (Lipinski definition) is 2. The van der Waals surface area contributed by atoms with Crippen molar-refractivity contribution >= 4 is 17.4 Å². The second kappa shape index (κ2) is 7.51. The maximum Gasteiger partial charge on any atom is 0.332 e. The average Bonchev–Trinajstić information content (AvgIpc) is 3.12. The first-order valence-corrected chi connectivity index (χ1v) is 8.49. The van der Waals surface area contributed by atoms with Crippen LogP contribution in [-0.2, 0) is 20.1 Å². The molecule has 9 nitrogen and oxygen atoms in total. The van der Waals surface area contributed by atoms with E-state index in [1.54, 1.807) is 19.1 Å². The van der Waals surface area contributed by atoms with Crippen molar-refractivity contribution in [2.45, 2.75) is 20.0 Å². The van der Waals surface area contributed by atoms with E-state index in [4.69, 9.17) is 5.73 Å². The van der Waals surface area contributed by atoms with E-state index >= 15 is 0 Å². The van der Waals surface area contributed by atoms with Gasteiger partial charge in [-0.2, -0.15) is 5.10 Å². The molecule has 0 bridgehead atoms. The first kappa shape index (κ1) is 19.1. The number of hydrogen-bond acceptors (Lipinski definition) is 5. The summed E-state index contributed by atoms with van der Waals surface area (Å²) in [5, 5.41) is 6.53. The Morgan fingerprint density at radius 2 is 2.07 bits per heavy atom. The molecule has 10 heteroatoms. The van der Waals surface area contributed by atoms with Gasteiger partial charge in [0, 0.05) is 19.8 Å². The van der Waals surface area contributed by atoms with Crippen molar-refractivity contribution in [1.29, 1.82) is 0 Å². The van der Waals surface area contributed by atoms with Crippen molar-refractivity contribution in [2.24, 2.45) is 7.05 Å². The lowest BCUT2D eigenvalue weighted by Crippen LogP contribution is -2.41. The predicted octanol–water partition coefficient (Wildman–Crippen LogP) is 0.785. The van der Waals surface area contributed by atoms with E-state index in [1.807, 2.05) is 0 Å². The van der Waals surface area contributed by atoms with Crippen molar-refractivity contribution in [2.75, 3.05) is 11.1 Å². The van der Waals surface area contributed by atoms with E-state index in [0.29, 0.717) is 5.56 Å². The molecule has 1 aromatic carbocycles. The third-order valence-corrected chi connectivity index (χ3v) is 4.28. The molecule has 0 saturated heterocycles. The third-order valence-electron chi connectivity index (χ3n) is 4.28. The van der Waals surface area contributed by atoms with Crippen LogP contribution in [0.15, 0.2) is 46.2 Å². The molecule has 2 aromatic heterocycles. The van der Waals surface area contributed by atoms with Crippen molar-refractivity contribution in [3.8, 4) is 0 Å². The van der Waals surface area contributed by atoms with Gasteiger partial charge in [-0.3, -0.25) is 23.4 Å². The molecule has 0 radical (unpaired) electrons. The summed E-state index contributed by atoms with van der Waals surface area (Å²) in [6, 6.07) is 6.04. The van der Waals surface area contributed by atoms with Crippen LogP contribution in [0.5, 0.6) is 0 Å². The highest BCUT2D eigenvalue weighted by Crippen LogP contribution is 2.12. The van der Waals surface area contributed by atoms with Gasteiger partial charge in [0.2, 0.25) is 0 Å². The first-order chi connectivity index (χ1) is 13.3. The van der Waals surface area contributed by atoms with E-state index in [2.05, 4.69) is 10.4 Å². The van der Waals surface area contributed by atoms with Crippen LogP contribution in [0.3, 0.4) is 0 Å². The Morgan fingerprint density at radius 1 is 1.32 bits per heavy atom. The number of carbonyl (C=O) groups excluding carboxylic acids is 1. The first-order valence-electron chi connectivity index (χ1n) is 8.49. The number of benzene rings is 1. The van der Waals surface area contributed by atoms with Gasteiger partial charge in [0.25, 0.3) is 11.5 Å². The van der Waals surface area contributed by atoms with Crippen LogP contribution in [0.2, 0.25) is 0 Å². The molecule has 3 N–H and O–H groups in total. The average molecular weight is 386 g/mol. The Morgan fingerprint density at radius 3 is 2.75 bits per heavy atom. The fourth-order valence-electron chi connectivity index (χ4n) is 2.75. The van der Waals surface area contributed by atoms with E-state index in [9.17, 15) is 18.8 Å². The van der Waals surface area contributed by atoms with E-state index in [0.717, 1.165) is 9.13 Å². The third kappa shape index (κ3) is 3.56. The Labute approximate surface area is 158 Å². The van der Waals surface area contributed by atoms with Crippen molar-refractivity contribution in [3.63, 3.8) is 0 Å². The minimum atomic E-state index is -0.677. The number of nitrogens with zero attached hydrogens (tertiary/aromatic N) is 4. The maximum absolute atomic E-state index is 13.3. The molecule has 0 aliphatic heterocycles. The van der Waals surface area contributed by atoms with Gasteiger partial charge in [-0.25, -0.2) is 9.18 Å². The molecule has 0 aliphatic carbocycles. The summed E-state index contributed by atoms with van der Waals surface area (Å²) < 4.78 is 16.8. The summed E-state index contributed by atoms with van der Waals surface area (Å²) >= 11 is 0. The Balaban J connectivity index is 1.85. The van der Waals surface area contributed by atoms with Gasteiger partial charge in [-0.05, 0) is 24.6 Å². The summed E-state index contributed by atoms with van der Waals surface area (Å²) in [6.45, 7) is 2.05. The smallest absolute Gasteiger partial charge is 0.332 e. The molecule has 28 heavy (non-hydrogen) atoms. The second-order valence-electron chi connectivity index (χ2n) is 6.16. The summed E-state index contributed by atoms with van der Waals surface area (Å²) in [7, 11) is 1.41. The fourth-order valence-corrected chi connectivity index (χ4v) is 2.75. The molecule has 1 amide bonds. The summed E-state index contributed by atoms with van der Waals surface area (Å²) in [4.78, 5) is 37.0. The van der Waals surface area contributed by atoms with Crippen molar-refractivity contribution < 1.29 is 9.18 Å². The minimum absolute atomic E-state index is 0.139. The van der Waals surface area contributed by atoms with Crippen LogP contribution in [0.25, 0.3) is 0 Å². The van der Waals surface area contributed by atoms with Crippen LogP contribution in [0.4, 0.5) is 15.9 Å². The normalized spacial score (nSPS) is 10.8. The van der Waals surface area contributed by atoms with Crippen LogP contribution >= 0.6 is 0 Å². The molecule has 0 atom stereocenters. The number of rotatable bonds is 5. The van der Waals surface area contributed by atoms with E-state index < -0.39 is 17.2 Å². The minimum Gasteiger partial charge on any atom is -0.383 e. The topological polar surface area (TPSA) is 117 Å². The highest BCUT2D eigenvalue weighted by Gasteiger charge is 2.18. The molecule has 0 saturated carbocycles. The van der Waals surface area contributed by atoms with Gasteiger partial charge in [-0.15, -0.1) is 0 Å². The van der Waals surface area contributed by atoms with E-state index in [1.165, 1.54) is 36.3 Å². The lowest BCUT2D eigenvalue weighted by atomic mass is 10.2. The zero-order valence-electron chi connectivity index (χ0n) is 15.3. The monoisotopic (exact) mass is 386 g/mol. The quantitative estimate of drug-likeness (QED) is 0.672. The molecule has 3 aromatic rings. The standard InChI is InChI=1S/C18H19FN6O3/c1-3-25-17(27)14(15(20)23(2)18(25)28)22-16(26)12-8-21-24(10-12)9-11-5-4-6-13(19)7-11/h4-8,10H,3,9,20H2,1-2H3,(H,22,26). The molecule has 3 rings (SSSR count). The molecule has 146 valence electrons.